The number of hydrogen-bond acceptors (Lipinski definition) is 4. The van der Waals surface area contributed by atoms with E-state index in [1.807, 2.05) is 0 Å². The Kier molecular flexibility index (Phi) is 4.85. The Morgan fingerprint density at radius 2 is 1.68 bits per heavy atom. The van der Waals surface area contributed by atoms with Crippen molar-refractivity contribution in [1.29, 1.82) is 0 Å². The van der Waals surface area contributed by atoms with Crippen LogP contribution in [0, 0.1) is 17.5 Å². The molecule has 1 saturated heterocycles. The molecule has 1 aromatic heterocycles. The van der Waals surface area contributed by atoms with Crippen molar-refractivity contribution in [3.63, 3.8) is 0 Å². The molecule has 1 amide bonds. The van der Waals surface area contributed by atoms with Crippen LogP contribution in [-0.4, -0.2) is 49.7 Å². The highest BCUT2D eigenvalue weighted by molar-refractivity contribution is 7.89. The molecule has 0 radical (unpaired) electrons. The van der Waals surface area contributed by atoms with Gasteiger partial charge in [-0.3, -0.25) is 4.79 Å². The van der Waals surface area contributed by atoms with E-state index in [0.29, 0.717) is 17.0 Å². The van der Waals surface area contributed by atoms with Gasteiger partial charge in [0.1, 0.15) is 4.90 Å². The first-order valence-corrected chi connectivity index (χ1v) is 9.61. The maximum atomic E-state index is 13.8. The summed E-state index contributed by atoms with van der Waals surface area (Å²) in [5.74, 6) is -5.22. The van der Waals surface area contributed by atoms with Crippen LogP contribution in [0.1, 0.15) is 9.67 Å². The lowest BCUT2D eigenvalue weighted by Crippen LogP contribution is -2.50. The average Bonchev–Trinajstić information content (AvgIpc) is 3.13. The standard InChI is InChI=1S/C15H13F3N2O3S2/c16-10-3-4-12(14(18)13(10)17)25(22,23)20-7-5-19(6-8-20)15(21)11-2-1-9-24-11/h1-4,9H,5-8H2. The number of piperazine rings is 1. The Bertz CT molecular complexity index is 893. The monoisotopic (exact) mass is 390 g/mol. The van der Waals surface area contributed by atoms with Crippen molar-refractivity contribution >= 4 is 27.3 Å². The predicted octanol–water partition coefficient (Wildman–Crippen LogP) is 2.31. The number of benzene rings is 1. The third-order valence-electron chi connectivity index (χ3n) is 3.88. The van der Waals surface area contributed by atoms with Crippen LogP contribution < -0.4 is 0 Å². The molecule has 10 heteroatoms. The van der Waals surface area contributed by atoms with Crippen LogP contribution in [0.25, 0.3) is 0 Å². The van der Waals surface area contributed by atoms with Gasteiger partial charge in [-0.1, -0.05) is 6.07 Å². The lowest BCUT2D eigenvalue weighted by atomic mass is 10.3. The number of hydrogen-bond donors (Lipinski definition) is 0. The van der Waals surface area contributed by atoms with Crippen LogP contribution in [0.15, 0.2) is 34.5 Å². The summed E-state index contributed by atoms with van der Waals surface area (Å²) in [6, 6.07) is 4.69. The molecule has 1 fully saturated rings. The zero-order valence-corrected chi connectivity index (χ0v) is 14.4. The molecule has 0 bridgehead atoms. The number of amides is 1. The molecule has 134 valence electrons. The number of sulfonamides is 1. The molecule has 0 N–H and O–H groups in total. The molecule has 0 unspecified atom stereocenters. The minimum atomic E-state index is -4.32. The van der Waals surface area contributed by atoms with Gasteiger partial charge in [0.05, 0.1) is 4.88 Å². The summed E-state index contributed by atoms with van der Waals surface area (Å²) < 4.78 is 66.1. The fraction of sp³-hybridized carbons (Fsp3) is 0.267. The van der Waals surface area contributed by atoms with E-state index in [1.165, 1.54) is 16.2 Å². The minimum Gasteiger partial charge on any atom is -0.335 e. The molecule has 5 nitrogen and oxygen atoms in total. The Balaban J connectivity index is 1.76. The SMILES string of the molecule is O=C(c1cccs1)N1CCN(S(=O)(=O)c2ccc(F)c(F)c2F)CC1. The Labute approximate surface area is 146 Å². The molecular formula is C15H13F3N2O3S2. The van der Waals surface area contributed by atoms with Gasteiger partial charge in [-0.2, -0.15) is 4.31 Å². The lowest BCUT2D eigenvalue weighted by Gasteiger charge is -2.33. The Morgan fingerprint density at radius 1 is 1.00 bits per heavy atom. The first kappa shape index (κ1) is 17.9. The predicted molar refractivity (Wildman–Crippen MR) is 85.3 cm³/mol. The minimum absolute atomic E-state index is 0.0577. The first-order chi connectivity index (χ1) is 11.8. The van der Waals surface area contributed by atoms with Gasteiger partial charge >= 0.3 is 0 Å². The second kappa shape index (κ2) is 6.77. The summed E-state index contributed by atoms with van der Waals surface area (Å²) in [7, 11) is -4.32. The van der Waals surface area contributed by atoms with Crippen molar-refractivity contribution in [3.8, 4) is 0 Å². The van der Waals surface area contributed by atoms with Crippen LogP contribution in [0.3, 0.4) is 0 Å². The topological polar surface area (TPSA) is 57.7 Å². The molecular weight excluding hydrogens is 377 g/mol. The summed E-state index contributed by atoms with van der Waals surface area (Å²) in [6.07, 6.45) is 0. The molecule has 25 heavy (non-hydrogen) atoms. The fourth-order valence-electron chi connectivity index (χ4n) is 2.53. The highest BCUT2D eigenvalue weighted by Gasteiger charge is 2.33. The van der Waals surface area contributed by atoms with Crippen LogP contribution in [-0.2, 0) is 10.0 Å². The van der Waals surface area contributed by atoms with Gasteiger partial charge in [-0.15, -0.1) is 11.3 Å². The number of nitrogens with zero attached hydrogens (tertiary/aromatic N) is 2. The van der Waals surface area contributed by atoms with E-state index in [4.69, 9.17) is 0 Å². The van der Waals surface area contributed by atoms with Gasteiger partial charge < -0.3 is 4.90 Å². The largest absolute Gasteiger partial charge is 0.335 e. The molecule has 1 aliphatic heterocycles. The van der Waals surface area contributed by atoms with E-state index in [0.717, 1.165) is 4.31 Å². The molecule has 2 aromatic rings. The quantitative estimate of drug-likeness (QED) is 0.756. The van der Waals surface area contributed by atoms with E-state index >= 15 is 0 Å². The maximum absolute atomic E-state index is 13.8. The van der Waals surface area contributed by atoms with Crippen LogP contribution in [0.2, 0.25) is 0 Å². The summed E-state index contributed by atoms with van der Waals surface area (Å²) in [4.78, 5) is 13.4. The van der Waals surface area contributed by atoms with E-state index in [2.05, 4.69) is 0 Å². The van der Waals surface area contributed by atoms with Crippen LogP contribution in [0.4, 0.5) is 13.2 Å². The molecule has 0 saturated carbocycles. The summed E-state index contributed by atoms with van der Waals surface area (Å²) >= 11 is 1.28. The number of carbonyl (C=O) groups excluding carboxylic acids is 1. The summed E-state index contributed by atoms with van der Waals surface area (Å²) in [5.41, 5.74) is 0. The molecule has 2 heterocycles. The number of halogens is 3. The van der Waals surface area contributed by atoms with Gasteiger partial charge in [0.25, 0.3) is 5.91 Å². The van der Waals surface area contributed by atoms with E-state index in [1.54, 1.807) is 17.5 Å². The van der Waals surface area contributed by atoms with Crippen molar-refractivity contribution in [2.75, 3.05) is 26.2 Å². The highest BCUT2D eigenvalue weighted by Crippen LogP contribution is 2.24. The molecule has 1 aliphatic rings. The zero-order chi connectivity index (χ0) is 18.2. The number of carbonyl (C=O) groups is 1. The van der Waals surface area contributed by atoms with Crippen molar-refractivity contribution in [2.24, 2.45) is 0 Å². The molecule has 0 atom stereocenters. The van der Waals surface area contributed by atoms with Crippen molar-refractivity contribution in [3.05, 3.63) is 52.0 Å². The molecule has 1 aromatic carbocycles. The fourth-order valence-corrected chi connectivity index (χ4v) is 4.70. The smallest absolute Gasteiger partial charge is 0.264 e. The molecule has 0 spiro atoms. The number of thiophene rings is 1. The van der Waals surface area contributed by atoms with E-state index in [-0.39, 0.29) is 32.1 Å². The zero-order valence-electron chi connectivity index (χ0n) is 12.8. The second-order valence-corrected chi connectivity index (χ2v) is 8.20. The first-order valence-electron chi connectivity index (χ1n) is 7.29. The second-order valence-electron chi connectivity index (χ2n) is 5.35. The normalized spacial score (nSPS) is 16.2. The van der Waals surface area contributed by atoms with Crippen molar-refractivity contribution < 1.29 is 26.4 Å². The number of rotatable bonds is 3. The Morgan fingerprint density at radius 3 is 2.28 bits per heavy atom. The Hall–Kier alpha value is -1.91. The van der Waals surface area contributed by atoms with Gasteiger partial charge in [0, 0.05) is 26.2 Å². The lowest BCUT2D eigenvalue weighted by molar-refractivity contribution is 0.0702. The molecule has 0 aliphatic carbocycles. The van der Waals surface area contributed by atoms with E-state index in [9.17, 15) is 26.4 Å². The van der Waals surface area contributed by atoms with Crippen molar-refractivity contribution in [1.82, 2.24) is 9.21 Å². The van der Waals surface area contributed by atoms with Crippen LogP contribution >= 0.6 is 11.3 Å². The highest BCUT2D eigenvalue weighted by atomic mass is 32.2. The van der Waals surface area contributed by atoms with Gasteiger partial charge in [0.15, 0.2) is 17.5 Å². The van der Waals surface area contributed by atoms with E-state index < -0.39 is 32.4 Å². The van der Waals surface area contributed by atoms with Gasteiger partial charge in [-0.25, -0.2) is 21.6 Å². The van der Waals surface area contributed by atoms with Gasteiger partial charge in [0.2, 0.25) is 10.0 Å². The van der Waals surface area contributed by atoms with Crippen molar-refractivity contribution in [2.45, 2.75) is 4.90 Å². The maximum Gasteiger partial charge on any atom is 0.264 e. The van der Waals surface area contributed by atoms with Crippen LogP contribution in [0.5, 0.6) is 0 Å². The summed E-state index contributed by atoms with van der Waals surface area (Å²) in [6.45, 7) is 0.137. The summed E-state index contributed by atoms with van der Waals surface area (Å²) in [5, 5.41) is 1.76. The van der Waals surface area contributed by atoms with Gasteiger partial charge in [-0.05, 0) is 23.6 Å². The third kappa shape index (κ3) is 3.29. The molecule has 3 rings (SSSR count). The third-order valence-corrected chi connectivity index (χ3v) is 6.65. The average molecular weight is 390 g/mol.